The molecule has 142 valence electrons. The number of rotatable bonds is 8. The maximum atomic E-state index is 12.2. The third-order valence-electron chi connectivity index (χ3n) is 4.78. The van der Waals surface area contributed by atoms with Crippen LogP contribution in [-0.2, 0) is 6.54 Å². The number of nitrogens with zero attached hydrogens (tertiary/aromatic N) is 1. The van der Waals surface area contributed by atoms with Gasteiger partial charge in [-0.15, -0.1) is 0 Å². The molecule has 2 aromatic rings. The van der Waals surface area contributed by atoms with Crippen molar-refractivity contribution in [3.8, 4) is 5.75 Å². The van der Waals surface area contributed by atoms with Gasteiger partial charge in [-0.25, -0.2) is 4.98 Å². The number of ether oxygens (including phenoxy) is 1. The van der Waals surface area contributed by atoms with Crippen molar-refractivity contribution in [3.63, 3.8) is 0 Å². The zero-order chi connectivity index (χ0) is 18.9. The molecule has 5 heteroatoms. The van der Waals surface area contributed by atoms with Crippen LogP contribution in [0.4, 0.5) is 5.82 Å². The number of hydrogen-bond acceptors (Lipinski definition) is 4. The van der Waals surface area contributed by atoms with Crippen LogP contribution in [-0.4, -0.2) is 24.5 Å². The number of aromatic nitrogens is 1. The summed E-state index contributed by atoms with van der Waals surface area (Å²) in [6.07, 6.45) is 9.80. The number of methoxy groups -OCH3 is 1. The van der Waals surface area contributed by atoms with Gasteiger partial charge in [0, 0.05) is 19.3 Å². The minimum absolute atomic E-state index is 0.0689. The van der Waals surface area contributed by atoms with E-state index in [4.69, 9.17) is 4.74 Å². The highest BCUT2D eigenvalue weighted by Crippen LogP contribution is 2.19. The Balaban J connectivity index is 1.44. The van der Waals surface area contributed by atoms with Crippen LogP contribution < -0.4 is 15.4 Å². The SMILES string of the molecule is COc1ccc(CNc2ccc(C(=O)NCCC3=CCCCC3)cn2)cc1. The van der Waals surface area contributed by atoms with E-state index in [9.17, 15) is 4.79 Å². The number of hydrogen-bond donors (Lipinski definition) is 2. The molecular weight excluding hydrogens is 338 g/mol. The molecule has 2 N–H and O–H groups in total. The fraction of sp³-hybridized carbons (Fsp3) is 0.364. The molecule has 0 unspecified atom stereocenters. The lowest BCUT2D eigenvalue weighted by atomic mass is 9.97. The Kier molecular flexibility index (Phi) is 6.85. The third kappa shape index (κ3) is 5.84. The van der Waals surface area contributed by atoms with Gasteiger partial charge < -0.3 is 15.4 Å². The standard InChI is InChI=1S/C22H27N3O2/c1-27-20-10-7-18(8-11-20)15-24-21-12-9-19(16-25-21)22(26)23-14-13-17-5-3-2-4-6-17/h5,7-12,16H,2-4,6,13-15H2,1H3,(H,23,26)(H,24,25). The topological polar surface area (TPSA) is 63.2 Å². The Morgan fingerprint density at radius 2 is 2.00 bits per heavy atom. The highest BCUT2D eigenvalue weighted by Gasteiger charge is 2.08. The Labute approximate surface area is 160 Å². The second-order valence-corrected chi connectivity index (χ2v) is 6.75. The second-order valence-electron chi connectivity index (χ2n) is 6.75. The zero-order valence-electron chi connectivity index (χ0n) is 15.8. The van der Waals surface area contributed by atoms with E-state index in [1.807, 2.05) is 30.3 Å². The van der Waals surface area contributed by atoms with Gasteiger partial charge in [-0.05, 0) is 61.9 Å². The molecule has 3 rings (SSSR count). The highest BCUT2D eigenvalue weighted by molar-refractivity contribution is 5.94. The smallest absolute Gasteiger partial charge is 0.252 e. The first kappa shape index (κ1) is 19.0. The molecule has 0 radical (unpaired) electrons. The summed E-state index contributed by atoms with van der Waals surface area (Å²) < 4.78 is 5.16. The Morgan fingerprint density at radius 3 is 2.67 bits per heavy atom. The summed E-state index contributed by atoms with van der Waals surface area (Å²) >= 11 is 0. The lowest BCUT2D eigenvalue weighted by Gasteiger charge is -2.13. The molecule has 5 nitrogen and oxygen atoms in total. The summed E-state index contributed by atoms with van der Waals surface area (Å²) in [6, 6.07) is 11.5. The van der Waals surface area contributed by atoms with E-state index < -0.39 is 0 Å². The van der Waals surface area contributed by atoms with E-state index in [1.54, 1.807) is 19.4 Å². The van der Waals surface area contributed by atoms with E-state index in [0.29, 0.717) is 18.7 Å². The molecule has 1 aliphatic carbocycles. The van der Waals surface area contributed by atoms with Gasteiger partial charge in [0.15, 0.2) is 0 Å². The van der Waals surface area contributed by atoms with Crippen LogP contribution in [0.2, 0.25) is 0 Å². The first-order chi connectivity index (χ1) is 13.2. The molecule has 1 aromatic carbocycles. The lowest BCUT2D eigenvalue weighted by Crippen LogP contribution is -2.25. The first-order valence-electron chi connectivity index (χ1n) is 9.53. The van der Waals surface area contributed by atoms with Crippen molar-refractivity contribution in [2.45, 2.75) is 38.6 Å². The van der Waals surface area contributed by atoms with Crippen molar-refractivity contribution < 1.29 is 9.53 Å². The van der Waals surface area contributed by atoms with Gasteiger partial charge in [0.1, 0.15) is 11.6 Å². The number of nitrogens with one attached hydrogen (secondary N) is 2. The Hall–Kier alpha value is -2.82. The number of carbonyl (C=O) groups is 1. The molecule has 0 spiro atoms. The number of benzene rings is 1. The van der Waals surface area contributed by atoms with Gasteiger partial charge in [-0.3, -0.25) is 4.79 Å². The quantitative estimate of drug-likeness (QED) is 0.684. The van der Waals surface area contributed by atoms with Crippen LogP contribution in [0, 0.1) is 0 Å². The van der Waals surface area contributed by atoms with E-state index in [-0.39, 0.29) is 5.91 Å². The number of allylic oxidation sites excluding steroid dienone is 1. The van der Waals surface area contributed by atoms with Crippen molar-refractivity contribution >= 4 is 11.7 Å². The summed E-state index contributed by atoms with van der Waals surface area (Å²) in [5.74, 6) is 1.52. The predicted octanol–water partition coefficient (Wildman–Crippen LogP) is 4.32. The molecule has 0 saturated heterocycles. The predicted molar refractivity (Wildman–Crippen MR) is 108 cm³/mol. The van der Waals surface area contributed by atoms with E-state index in [0.717, 1.165) is 23.6 Å². The average Bonchev–Trinajstić information content (AvgIpc) is 2.73. The van der Waals surface area contributed by atoms with Crippen LogP contribution in [0.1, 0.15) is 48.0 Å². The average molecular weight is 365 g/mol. The Bertz CT molecular complexity index is 767. The van der Waals surface area contributed by atoms with Crippen LogP contribution >= 0.6 is 0 Å². The van der Waals surface area contributed by atoms with Crippen molar-refractivity contribution in [1.29, 1.82) is 0 Å². The molecule has 27 heavy (non-hydrogen) atoms. The minimum Gasteiger partial charge on any atom is -0.497 e. The fourth-order valence-electron chi connectivity index (χ4n) is 3.14. The van der Waals surface area contributed by atoms with Crippen LogP contribution in [0.25, 0.3) is 0 Å². The molecule has 1 heterocycles. The summed E-state index contributed by atoms with van der Waals surface area (Å²) in [6.45, 7) is 1.35. The molecular formula is C22H27N3O2. The Morgan fingerprint density at radius 1 is 1.15 bits per heavy atom. The van der Waals surface area contributed by atoms with E-state index in [2.05, 4.69) is 21.7 Å². The van der Waals surface area contributed by atoms with E-state index in [1.165, 1.54) is 31.3 Å². The number of pyridine rings is 1. The van der Waals surface area contributed by atoms with Gasteiger partial charge in [0.2, 0.25) is 0 Å². The lowest BCUT2D eigenvalue weighted by molar-refractivity contribution is 0.0953. The maximum absolute atomic E-state index is 12.2. The number of amides is 1. The van der Waals surface area contributed by atoms with E-state index >= 15 is 0 Å². The van der Waals surface area contributed by atoms with Gasteiger partial charge in [0.25, 0.3) is 5.91 Å². The molecule has 1 aromatic heterocycles. The first-order valence-corrected chi connectivity index (χ1v) is 9.53. The molecule has 1 amide bonds. The van der Waals surface area contributed by atoms with Crippen LogP contribution in [0.5, 0.6) is 5.75 Å². The van der Waals surface area contributed by atoms with Crippen molar-refractivity contribution in [2.75, 3.05) is 19.0 Å². The van der Waals surface area contributed by atoms with Gasteiger partial charge >= 0.3 is 0 Å². The van der Waals surface area contributed by atoms with Crippen LogP contribution in [0.15, 0.2) is 54.2 Å². The van der Waals surface area contributed by atoms with Gasteiger partial charge in [-0.2, -0.15) is 0 Å². The van der Waals surface area contributed by atoms with Gasteiger partial charge in [-0.1, -0.05) is 23.8 Å². The molecule has 0 aliphatic heterocycles. The largest absolute Gasteiger partial charge is 0.497 e. The molecule has 0 atom stereocenters. The molecule has 0 bridgehead atoms. The summed E-state index contributed by atoms with van der Waals surface area (Å²) in [5.41, 5.74) is 3.19. The minimum atomic E-state index is -0.0689. The zero-order valence-corrected chi connectivity index (χ0v) is 15.8. The summed E-state index contributed by atoms with van der Waals surface area (Å²) in [4.78, 5) is 16.6. The van der Waals surface area contributed by atoms with Crippen molar-refractivity contribution in [1.82, 2.24) is 10.3 Å². The maximum Gasteiger partial charge on any atom is 0.252 e. The highest BCUT2D eigenvalue weighted by atomic mass is 16.5. The number of carbonyl (C=O) groups excluding carboxylic acids is 1. The second kappa shape index (κ2) is 9.76. The van der Waals surface area contributed by atoms with Gasteiger partial charge in [0.05, 0.1) is 12.7 Å². The molecule has 0 fully saturated rings. The third-order valence-corrected chi connectivity index (χ3v) is 4.78. The fourth-order valence-corrected chi connectivity index (χ4v) is 3.14. The van der Waals surface area contributed by atoms with Crippen molar-refractivity contribution in [2.24, 2.45) is 0 Å². The summed E-state index contributed by atoms with van der Waals surface area (Å²) in [5, 5.41) is 6.24. The molecule has 0 saturated carbocycles. The van der Waals surface area contributed by atoms with Crippen molar-refractivity contribution in [3.05, 3.63) is 65.4 Å². The monoisotopic (exact) mass is 365 g/mol. The number of anilines is 1. The normalized spacial score (nSPS) is 13.6. The molecule has 1 aliphatic rings. The summed E-state index contributed by atoms with van der Waals surface area (Å²) in [7, 11) is 1.65. The van der Waals surface area contributed by atoms with Crippen LogP contribution in [0.3, 0.4) is 0 Å².